The lowest BCUT2D eigenvalue weighted by Crippen LogP contribution is -1.73. The van der Waals surface area contributed by atoms with Gasteiger partial charge in [0, 0.05) is 0 Å². The standard InChI is InChI=1S/4C12H14.5CH4/c4*1-3-5-11-7-9-12(6-4-2)10-8-11;;;;;/h4*3-10H,1-2H3;5*1H4. The Morgan fingerprint density at radius 3 is 0.321 bits per heavy atom. The molecule has 4 aromatic rings. The van der Waals surface area contributed by atoms with E-state index >= 15 is 0 Å². The van der Waals surface area contributed by atoms with Crippen molar-refractivity contribution < 1.29 is 0 Å². The van der Waals surface area contributed by atoms with Crippen molar-refractivity contribution in [1.29, 1.82) is 0 Å². The van der Waals surface area contributed by atoms with Crippen LogP contribution < -0.4 is 0 Å². The lowest BCUT2D eigenvalue weighted by Gasteiger charge is -1.94. The molecule has 0 heteroatoms. The van der Waals surface area contributed by atoms with E-state index in [1.165, 1.54) is 44.5 Å². The Hall–Kier alpha value is -5.20. The van der Waals surface area contributed by atoms with E-state index in [0.717, 1.165) is 0 Å². The van der Waals surface area contributed by atoms with Crippen molar-refractivity contribution in [2.24, 2.45) is 0 Å². The average molecular weight is 713 g/mol. The van der Waals surface area contributed by atoms with Crippen molar-refractivity contribution in [3.8, 4) is 0 Å². The lowest BCUT2D eigenvalue weighted by atomic mass is 10.1. The van der Waals surface area contributed by atoms with Crippen molar-refractivity contribution in [2.75, 3.05) is 0 Å². The van der Waals surface area contributed by atoms with Crippen LogP contribution in [0.1, 0.15) is 137 Å². The maximum atomic E-state index is 2.12. The fourth-order valence-corrected chi connectivity index (χ4v) is 4.41. The SMILES string of the molecule is C.C.C.C.C.CC=Cc1ccc(C=CC)cc1.CC=Cc1ccc(C=CC)cc1.CC=Cc1ccc(C=CC)cc1.CC=Cc1ccc(C=CC)cc1. The molecule has 0 saturated heterocycles. The molecular formula is C53H76. The normalized spacial score (nSPS) is 10.4. The van der Waals surface area contributed by atoms with Crippen LogP contribution >= 0.6 is 0 Å². The second-order valence-corrected chi connectivity index (χ2v) is 10.7. The molecule has 0 fully saturated rings. The molecule has 0 aromatic heterocycles. The van der Waals surface area contributed by atoms with E-state index in [0.29, 0.717) is 0 Å². The van der Waals surface area contributed by atoms with Gasteiger partial charge in [0.15, 0.2) is 0 Å². The van der Waals surface area contributed by atoms with E-state index in [4.69, 9.17) is 0 Å². The van der Waals surface area contributed by atoms with Gasteiger partial charge in [-0.15, -0.1) is 0 Å². The summed E-state index contributed by atoms with van der Waals surface area (Å²) in [5.74, 6) is 0. The third kappa shape index (κ3) is 27.2. The first-order valence-electron chi connectivity index (χ1n) is 16.9. The summed E-state index contributed by atoms with van der Waals surface area (Å²) in [7, 11) is 0. The van der Waals surface area contributed by atoms with Gasteiger partial charge in [0.2, 0.25) is 0 Å². The third-order valence-corrected chi connectivity index (χ3v) is 6.62. The molecule has 0 aliphatic rings. The van der Waals surface area contributed by atoms with E-state index in [1.54, 1.807) is 0 Å². The topological polar surface area (TPSA) is 0 Å². The van der Waals surface area contributed by atoms with Gasteiger partial charge >= 0.3 is 0 Å². The van der Waals surface area contributed by atoms with E-state index in [-0.39, 0.29) is 37.1 Å². The number of hydrogen-bond acceptors (Lipinski definition) is 0. The highest BCUT2D eigenvalue weighted by atomic mass is 13.9. The van der Waals surface area contributed by atoms with Crippen LogP contribution in [-0.2, 0) is 0 Å². The minimum atomic E-state index is 0. The number of benzene rings is 4. The first-order valence-corrected chi connectivity index (χ1v) is 16.9. The van der Waals surface area contributed by atoms with Crippen molar-refractivity contribution in [1.82, 2.24) is 0 Å². The summed E-state index contributed by atoms with van der Waals surface area (Å²) in [6.45, 7) is 16.2. The first-order chi connectivity index (χ1) is 23.5. The predicted octanol–water partition coefficient (Wildman–Crippen LogP) is 18.2. The highest BCUT2D eigenvalue weighted by molar-refractivity contribution is 5.58. The zero-order valence-electron chi connectivity index (χ0n) is 30.5. The van der Waals surface area contributed by atoms with Gasteiger partial charge in [0.05, 0.1) is 0 Å². The van der Waals surface area contributed by atoms with Crippen LogP contribution in [0.15, 0.2) is 146 Å². The van der Waals surface area contributed by atoms with E-state index in [1.807, 2.05) is 104 Å². The summed E-state index contributed by atoms with van der Waals surface area (Å²) < 4.78 is 0. The Balaban J connectivity index is -0.000000187. The Bertz CT molecular complexity index is 1230. The second-order valence-electron chi connectivity index (χ2n) is 10.7. The molecule has 288 valence electrons. The van der Waals surface area contributed by atoms with Crippen LogP contribution in [0.4, 0.5) is 0 Å². The molecule has 0 nitrogen and oxygen atoms in total. The molecule has 0 radical (unpaired) electrons. The fourth-order valence-electron chi connectivity index (χ4n) is 4.41. The summed E-state index contributed by atoms with van der Waals surface area (Å²) >= 11 is 0. The molecule has 0 unspecified atom stereocenters. The summed E-state index contributed by atoms with van der Waals surface area (Å²) in [6, 6.07) is 33.9. The van der Waals surface area contributed by atoms with Gasteiger partial charge in [-0.25, -0.2) is 0 Å². The maximum Gasteiger partial charge on any atom is -0.0260 e. The molecule has 0 atom stereocenters. The molecule has 0 amide bonds. The summed E-state index contributed by atoms with van der Waals surface area (Å²) in [5, 5.41) is 0. The summed E-state index contributed by atoms with van der Waals surface area (Å²) in [4.78, 5) is 0. The summed E-state index contributed by atoms with van der Waals surface area (Å²) in [5.41, 5.74) is 10.0. The first kappa shape index (κ1) is 57.2. The lowest BCUT2D eigenvalue weighted by molar-refractivity contribution is 1.60. The minimum Gasteiger partial charge on any atom is -0.0871 e. The molecule has 0 saturated carbocycles. The largest absolute Gasteiger partial charge is 0.0871 e. The molecule has 0 heterocycles. The monoisotopic (exact) mass is 713 g/mol. The molecule has 0 N–H and O–H groups in total. The highest BCUT2D eigenvalue weighted by Gasteiger charge is 1.88. The Labute approximate surface area is 330 Å². The second kappa shape index (κ2) is 38.0. The van der Waals surface area contributed by atoms with E-state index in [2.05, 4.69) is 146 Å². The van der Waals surface area contributed by atoms with Gasteiger partial charge in [0.25, 0.3) is 0 Å². The third-order valence-electron chi connectivity index (χ3n) is 6.62. The maximum absolute atomic E-state index is 2.12. The molecule has 4 rings (SSSR count). The van der Waals surface area contributed by atoms with Crippen molar-refractivity contribution in [3.05, 3.63) is 190 Å². The van der Waals surface area contributed by atoms with Crippen LogP contribution in [0.2, 0.25) is 0 Å². The molecule has 0 bridgehead atoms. The van der Waals surface area contributed by atoms with Crippen molar-refractivity contribution in [3.63, 3.8) is 0 Å². The number of allylic oxidation sites excluding steroid dienone is 8. The Kier molecular flexibility index (Phi) is 41.0. The minimum absolute atomic E-state index is 0. The van der Waals surface area contributed by atoms with Crippen LogP contribution in [0.3, 0.4) is 0 Å². The molecular weight excluding hydrogens is 637 g/mol. The Morgan fingerprint density at radius 1 is 0.189 bits per heavy atom. The van der Waals surface area contributed by atoms with E-state index in [9.17, 15) is 0 Å². The van der Waals surface area contributed by atoms with Gasteiger partial charge in [-0.3, -0.25) is 0 Å². The molecule has 0 aliphatic heterocycles. The van der Waals surface area contributed by atoms with Crippen molar-refractivity contribution >= 4 is 48.6 Å². The van der Waals surface area contributed by atoms with Crippen LogP contribution in [0.25, 0.3) is 48.6 Å². The predicted molar refractivity (Wildman–Crippen MR) is 257 cm³/mol. The highest BCUT2D eigenvalue weighted by Crippen LogP contribution is 2.10. The number of hydrogen-bond donors (Lipinski definition) is 0. The van der Waals surface area contributed by atoms with Gasteiger partial charge in [-0.05, 0) is 99.9 Å². The van der Waals surface area contributed by atoms with Gasteiger partial charge < -0.3 is 0 Å². The molecule has 4 aromatic carbocycles. The molecule has 0 aliphatic carbocycles. The zero-order valence-corrected chi connectivity index (χ0v) is 30.5. The zero-order chi connectivity index (χ0) is 35.2. The van der Waals surface area contributed by atoms with Crippen LogP contribution in [0, 0.1) is 0 Å². The van der Waals surface area contributed by atoms with E-state index < -0.39 is 0 Å². The van der Waals surface area contributed by atoms with Crippen molar-refractivity contribution in [2.45, 2.75) is 92.5 Å². The quantitative estimate of drug-likeness (QED) is 0.171. The molecule has 0 spiro atoms. The van der Waals surface area contributed by atoms with Gasteiger partial charge in [0.1, 0.15) is 0 Å². The smallest absolute Gasteiger partial charge is 0.0260 e. The van der Waals surface area contributed by atoms with Gasteiger partial charge in [-0.2, -0.15) is 0 Å². The van der Waals surface area contributed by atoms with Gasteiger partial charge in [-0.1, -0.05) is 231 Å². The fraction of sp³-hybridized carbons (Fsp3) is 0.245. The average Bonchev–Trinajstić information content (AvgIpc) is 3.10. The Morgan fingerprint density at radius 2 is 0.264 bits per heavy atom. The number of rotatable bonds is 8. The molecule has 53 heavy (non-hydrogen) atoms. The van der Waals surface area contributed by atoms with Crippen LogP contribution in [0.5, 0.6) is 0 Å². The van der Waals surface area contributed by atoms with Crippen LogP contribution in [-0.4, -0.2) is 0 Å². The summed E-state index contributed by atoms with van der Waals surface area (Å²) in [6.07, 6.45) is 33.1.